The number of carboxylic acids is 2. The van der Waals surface area contributed by atoms with Crippen molar-refractivity contribution >= 4 is 29.8 Å². The number of aromatic hydroxyl groups is 1. The van der Waals surface area contributed by atoms with Crippen LogP contribution in [0.3, 0.4) is 0 Å². The van der Waals surface area contributed by atoms with E-state index in [-0.39, 0.29) is 29.7 Å². The number of phenolic OH excluding ortho intramolecular Hbond substituents is 1. The fraction of sp³-hybridized carbons (Fsp3) is 0.567. The zero-order valence-electron chi connectivity index (χ0n) is 25.3. The van der Waals surface area contributed by atoms with E-state index in [4.69, 9.17) is 29.2 Å². The molecule has 0 saturated carbocycles. The highest BCUT2D eigenvalue weighted by Gasteiger charge is 2.72. The van der Waals surface area contributed by atoms with Gasteiger partial charge in [-0.2, -0.15) is 0 Å². The first-order valence-corrected chi connectivity index (χ1v) is 14.7. The third-order valence-electron chi connectivity index (χ3n) is 9.29. The summed E-state index contributed by atoms with van der Waals surface area (Å²) in [5.41, 5.74) is -0.716. The lowest BCUT2D eigenvalue weighted by molar-refractivity contribution is -0.206. The molecule has 16 nitrogen and oxygen atoms in total. The Morgan fingerprint density at radius 2 is 1.89 bits per heavy atom. The molecule has 0 radical (unpaired) electrons. The number of likely N-dealkylation sites (N-methyl/N-ethyl adjacent to an activating group) is 1. The van der Waals surface area contributed by atoms with E-state index in [2.05, 4.69) is 4.90 Å². The van der Waals surface area contributed by atoms with Crippen LogP contribution >= 0.6 is 0 Å². The number of piperidine rings is 1. The van der Waals surface area contributed by atoms with Crippen molar-refractivity contribution in [2.75, 3.05) is 13.6 Å². The van der Waals surface area contributed by atoms with Crippen LogP contribution in [-0.2, 0) is 50.0 Å². The summed E-state index contributed by atoms with van der Waals surface area (Å²) in [6, 6.07) is 1.29. The molecule has 2 unspecified atom stereocenters. The lowest BCUT2D eigenvalue weighted by Gasteiger charge is -2.61. The minimum Gasteiger partial charge on any atom is -0.504 e. The van der Waals surface area contributed by atoms with Gasteiger partial charge in [0.2, 0.25) is 5.91 Å². The average Bonchev–Trinajstić information content (AvgIpc) is 3.32. The van der Waals surface area contributed by atoms with Crippen molar-refractivity contribution in [3.05, 3.63) is 35.1 Å². The van der Waals surface area contributed by atoms with Gasteiger partial charge in [0.15, 0.2) is 30.0 Å². The zero-order chi connectivity index (χ0) is 33.7. The van der Waals surface area contributed by atoms with Gasteiger partial charge in [-0.3, -0.25) is 19.2 Å². The molecule has 6 N–H and O–H groups in total. The smallest absolute Gasteiger partial charge is 0.326 e. The highest BCUT2D eigenvalue weighted by atomic mass is 16.7. The summed E-state index contributed by atoms with van der Waals surface area (Å²) in [5.74, 6) is -5.86. The van der Waals surface area contributed by atoms with Crippen molar-refractivity contribution in [2.45, 2.75) is 93.7 Å². The SMILES string of the molecule is CC(=O)O[C@@H](CC(=O)OC1=CC[C@@]2(O)[C@H]3Cc4ccc(O)c5c4C2(CCN3C)[C@H]1O5)C(O)O[C@@H](C)C(=O)N[C@@H](CC(=O)O)C(=O)O. The Bertz CT molecular complexity index is 1490. The number of aliphatic hydroxyl groups excluding tert-OH is 1. The van der Waals surface area contributed by atoms with Crippen LogP contribution in [0.25, 0.3) is 0 Å². The maximum absolute atomic E-state index is 13.2. The van der Waals surface area contributed by atoms with Crippen molar-refractivity contribution in [1.82, 2.24) is 10.2 Å². The lowest BCUT2D eigenvalue weighted by Crippen LogP contribution is -2.74. The van der Waals surface area contributed by atoms with Gasteiger partial charge < -0.3 is 54.7 Å². The Labute approximate surface area is 262 Å². The third-order valence-corrected chi connectivity index (χ3v) is 9.29. The lowest BCUT2D eigenvalue weighted by atomic mass is 9.50. The highest BCUT2D eigenvalue weighted by Crippen LogP contribution is 2.65. The first kappa shape index (κ1) is 33.1. The van der Waals surface area contributed by atoms with Crippen molar-refractivity contribution in [1.29, 1.82) is 0 Å². The van der Waals surface area contributed by atoms with Crippen LogP contribution in [-0.4, -0.2) is 116 Å². The zero-order valence-corrected chi connectivity index (χ0v) is 25.3. The molecular formula is C30H36N2O14. The number of hydrogen-bond acceptors (Lipinski definition) is 13. The molecule has 1 saturated heterocycles. The van der Waals surface area contributed by atoms with Crippen molar-refractivity contribution < 1.29 is 68.5 Å². The van der Waals surface area contributed by atoms with E-state index in [0.717, 1.165) is 19.4 Å². The second-order valence-corrected chi connectivity index (χ2v) is 12.1. The molecule has 1 aromatic rings. The highest BCUT2D eigenvalue weighted by molar-refractivity contribution is 5.88. The number of carbonyl (C=O) groups excluding carboxylic acids is 3. The fourth-order valence-corrected chi connectivity index (χ4v) is 7.21. The van der Waals surface area contributed by atoms with Crippen LogP contribution in [0.5, 0.6) is 11.5 Å². The molecule has 4 aliphatic rings. The molecule has 2 aliphatic heterocycles. The maximum Gasteiger partial charge on any atom is 0.326 e. The van der Waals surface area contributed by atoms with Gasteiger partial charge in [-0.25, -0.2) is 4.79 Å². The molecule has 2 bridgehead atoms. The van der Waals surface area contributed by atoms with Crippen molar-refractivity contribution in [3.8, 4) is 11.5 Å². The molecule has 250 valence electrons. The quantitative estimate of drug-likeness (QED) is 0.121. The van der Waals surface area contributed by atoms with E-state index in [1.165, 1.54) is 6.07 Å². The van der Waals surface area contributed by atoms with Crippen LogP contribution in [0.1, 0.15) is 50.7 Å². The van der Waals surface area contributed by atoms with Gasteiger partial charge in [0.1, 0.15) is 17.9 Å². The molecule has 1 fully saturated rings. The van der Waals surface area contributed by atoms with Gasteiger partial charge in [-0.1, -0.05) is 6.07 Å². The summed E-state index contributed by atoms with van der Waals surface area (Å²) < 4.78 is 22.2. The second-order valence-electron chi connectivity index (χ2n) is 12.1. The number of nitrogens with one attached hydrogen (secondary N) is 1. The first-order chi connectivity index (χ1) is 21.6. The van der Waals surface area contributed by atoms with E-state index < -0.39 is 84.3 Å². The number of carbonyl (C=O) groups is 5. The molecule has 8 atom stereocenters. The third kappa shape index (κ3) is 5.55. The number of esters is 2. The molecule has 1 amide bonds. The average molecular weight is 649 g/mol. The molecular weight excluding hydrogens is 612 g/mol. The topological polar surface area (TPSA) is 239 Å². The number of rotatable bonds is 12. The molecule has 1 spiro atoms. The number of amides is 1. The van der Waals surface area contributed by atoms with Crippen LogP contribution in [0.15, 0.2) is 24.0 Å². The van der Waals surface area contributed by atoms with Gasteiger partial charge in [-0.15, -0.1) is 0 Å². The van der Waals surface area contributed by atoms with Gasteiger partial charge in [0.05, 0.1) is 23.9 Å². The summed E-state index contributed by atoms with van der Waals surface area (Å²) in [6.45, 7) is 2.75. The molecule has 5 rings (SSSR count). The number of phenols is 1. The van der Waals surface area contributed by atoms with Gasteiger partial charge in [0, 0.05) is 24.9 Å². The van der Waals surface area contributed by atoms with Crippen molar-refractivity contribution in [3.63, 3.8) is 0 Å². The molecule has 0 aromatic heterocycles. The standard InChI is InChI=1S/C30H36N2O14/c1-13(26(38)31-16(27(39)40)11-21(35)36)43-28(41)19(44-14(2)33)12-22(37)45-18-6-7-30(42)20-10-15-4-5-17(34)24-23(15)29(30,25(18)46-24)8-9-32(20)3/h4-6,13,16,19-20,25,28,34,41-42H,7-12H2,1-3H3,(H,31,38)(H,35,36)(H,39,40)/t13-,16-,19-,20+,25-,28?,29?,30+/m0/s1. The van der Waals surface area contributed by atoms with Crippen LogP contribution in [0.2, 0.25) is 0 Å². The van der Waals surface area contributed by atoms with E-state index in [1.54, 1.807) is 12.1 Å². The Kier molecular flexibility index (Phi) is 8.76. The predicted octanol–water partition coefficient (Wildman–Crippen LogP) is -0.697. The van der Waals surface area contributed by atoms with Gasteiger partial charge in [-0.05, 0) is 51.1 Å². The number of carboxylic acid groups (broad SMARTS) is 2. The fourth-order valence-electron chi connectivity index (χ4n) is 7.21. The number of ether oxygens (including phenoxy) is 4. The Morgan fingerprint density at radius 1 is 1.17 bits per heavy atom. The summed E-state index contributed by atoms with van der Waals surface area (Å²) in [7, 11) is 1.93. The monoisotopic (exact) mass is 648 g/mol. The predicted molar refractivity (Wildman–Crippen MR) is 151 cm³/mol. The Morgan fingerprint density at radius 3 is 2.54 bits per heavy atom. The van der Waals surface area contributed by atoms with E-state index in [9.17, 15) is 39.3 Å². The second kappa shape index (κ2) is 12.2. The normalized spacial score (nSPS) is 28.3. The maximum atomic E-state index is 13.2. The van der Waals surface area contributed by atoms with E-state index >= 15 is 0 Å². The van der Waals surface area contributed by atoms with Crippen LogP contribution in [0, 0.1) is 0 Å². The first-order valence-electron chi connectivity index (χ1n) is 14.7. The number of benzene rings is 1. The van der Waals surface area contributed by atoms with E-state index in [0.29, 0.717) is 24.9 Å². The minimum absolute atomic E-state index is 0.0734. The Hall–Kier alpha value is -4.25. The molecule has 46 heavy (non-hydrogen) atoms. The minimum atomic E-state index is -2.07. The van der Waals surface area contributed by atoms with Crippen molar-refractivity contribution in [2.24, 2.45) is 0 Å². The Balaban J connectivity index is 1.31. The molecule has 2 aliphatic carbocycles. The molecule has 1 aromatic carbocycles. The molecule has 16 heteroatoms. The summed E-state index contributed by atoms with van der Waals surface area (Å²) in [5, 5.41) is 53.6. The van der Waals surface area contributed by atoms with E-state index in [1.807, 2.05) is 12.4 Å². The summed E-state index contributed by atoms with van der Waals surface area (Å²) in [4.78, 5) is 61.8. The number of aliphatic carboxylic acids is 2. The van der Waals surface area contributed by atoms with Crippen LogP contribution in [0.4, 0.5) is 0 Å². The van der Waals surface area contributed by atoms with Gasteiger partial charge >= 0.3 is 23.9 Å². The summed E-state index contributed by atoms with van der Waals surface area (Å²) in [6.07, 6.45) is -5.30. The largest absolute Gasteiger partial charge is 0.504 e. The number of likely N-dealkylation sites (tertiary alicyclic amines) is 1. The number of nitrogens with zero attached hydrogens (tertiary/aromatic N) is 1. The number of aliphatic hydroxyl groups is 2. The molecule has 2 heterocycles. The number of hydrogen-bond donors (Lipinski definition) is 6. The summed E-state index contributed by atoms with van der Waals surface area (Å²) >= 11 is 0. The van der Waals surface area contributed by atoms with Gasteiger partial charge in [0.25, 0.3) is 0 Å². The van der Waals surface area contributed by atoms with Crippen LogP contribution < -0.4 is 10.1 Å².